The third-order valence-electron chi connectivity index (χ3n) is 7.26. The third-order valence-corrected chi connectivity index (χ3v) is 7.26. The number of aromatic nitrogens is 2. The van der Waals surface area contributed by atoms with Crippen LogP contribution in [0.25, 0.3) is 0 Å². The quantitative estimate of drug-likeness (QED) is 0.554. The van der Waals surface area contributed by atoms with Crippen molar-refractivity contribution in [1.29, 1.82) is 0 Å². The van der Waals surface area contributed by atoms with E-state index in [0.29, 0.717) is 56.9 Å². The minimum atomic E-state index is -2.90. The van der Waals surface area contributed by atoms with Crippen LogP contribution in [0.1, 0.15) is 69.8 Å². The molecular weight excluding hydrogens is 511 g/mol. The Hall–Kier alpha value is -3.19. The molecule has 0 radical (unpaired) electrons. The Kier molecular flexibility index (Phi) is 8.22. The van der Waals surface area contributed by atoms with E-state index >= 15 is 0 Å². The van der Waals surface area contributed by atoms with Gasteiger partial charge in [-0.15, -0.1) is 0 Å². The van der Waals surface area contributed by atoms with Crippen molar-refractivity contribution in [2.75, 3.05) is 31.6 Å². The fourth-order valence-electron chi connectivity index (χ4n) is 5.21. The van der Waals surface area contributed by atoms with Gasteiger partial charge in [0.05, 0.1) is 12.6 Å². The number of nitrogens with zero attached hydrogens (tertiary/aromatic N) is 5. The average Bonchev–Trinajstić information content (AvgIpc) is 3.25. The number of anilines is 2. The van der Waals surface area contributed by atoms with E-state index in [1.807, 2.05) is 25.5 Å². The van der Waals surface area contributed by atoms with Crippen LogP contribution in [0.4, 0.5) is 25.1 Å². The lowest BCUT2D eigenvalue weighted by atomic mass is 9.77. The fraction of sp³-hybridized carbons (Fsp3) is 0.577. The molecule has 1 fully saturated rings. The highest BCUT2D eigenvalue weighted by Gasteiger charge is 2.34. The number of likely N-dealkylation sites (tertiary alicyclic amines) is 1. The van der Waals surface area contributed by atoms with Gasteiger partial charge in [-0.25, -0.2) is 13.6 Å². The van der Waals surface area contributed by atoms with E-state index in [1.54, 1.807) is 21.7 Å². The van der Waals surface area contributed by atoms with Crippen LogP contribution < -0.4 is 10.4 Å². The molecule has 1 aromatic carbocycles. The molecule has 0 unspecified atom stereocenters. The molecule has 0 atom stereocenters. The Morgan fingerprint density at radius 1 is 1.15 bits per heavy atom. The molecule has 2 amide bonds. The first-order valence-corrected chi connectivity index (χ1v) is 13.1. The van der Waals surface area contributed by atoms with Crippen molar-refractivity contribution in [1.82, 2.24) is 19.6 Å². The predicted molar refractivity (Wildman–Crippen MR) is 142 cm³/mol. The zero-order valence-electron chi connectivity index (χ0n) is 23.0. The number of benzene rings is 1. The lowest BCUT2D eigenvalue weighted by Crippen LogP contribution is -2.42. The number of hydrogen-bond donors (Lipinski definition) is 2. The molecule has 2 aliphatic rings. The molecule has 2 aliphatic heterocycles. The first-order chi connectivity index (χ1) is 18.3. The van der Waals surface area contributed by atoms with Crippen LogP contribution in [0, 0.1) is 0 Å². The number of fused-ring (bicyclic) bond motifs is 1. The van der Waals surface area contributed by atoms with Gasteiger partial charge >= 0.3 is 13.2 Å². The molecular formula is C26H36BF2N5O5. The zero-order chi connectivity index (χ0) is 28.6. The zero-order valence-corrected chi connectivity index (χ0v) is 23.0. The van der Waals surface area contributed by atoms with Gasteiger partial charge in [0.15, 0.2) is 5.82 Å². The maximum absolute atomic E-state index is 13.7. The summed E-state index contributed by atoms with van der Waals surface area (Å²) < 4.78 is 35.0. The van der Waals surface area contributed by atoms with Gasteiger partial charge in [0.25, 0.3) is 6.43 Å². The highest BCUT2D eigenvalue weighted by molar-refractivity contribution is 6.59. The van der Waals surface area contributed by atoms with E-state index in [0.717, 1.165) is 11.3 Å². The summed E-state index contributed by atoms with van der Waals surface area (Å²) >= 11 is 0. The van der Waals surface area contributed by atoms with Gasteiger partial charge in [0.1, 0.15) is 5.60 Å². The normalized spacial score (nSPS) is 16.4. The van der Waals surface area contributed by atoms with Crippen LogP contribution in [-0.4, -0.2) is 81.0 Å². The second-order valence-electron chi connectivity index (χ2n) is 11.1. The number of carbonyl (C=O) groups excluding carboxylic acids is 2. The highest BCUT2D eigenvalue weighted by atomic mass is 19.3. The van der Waals surface area contributed by atoms with Gasteiger partial charge in [0.2, 0.25) is 5.91 Å². The van der Waals surface area contributed by atoms with Crippen LogP contribution in [0.5, 0.6) is 0 Å². The third kappa shape index (κ3) is 6.19. The lowest BCUT2D eigenvalue weighted by Gasteiger charge is -2.34. The number of piperidine rings is 1. The van der Waals surface area contributed by atoms with Crippen LogP contribution in [-0.2, 0) is 22.5 Å². The molecule has 2 N–H and O–H groups in total. The van der Waals surface area contributed by atoms with Gasteiger partial charge in [-0.05, 0) is 51.2 Å². The van der Waals surface area contributed by atoms with E-state index in [-0.39, 0.29) is 23.5 Å². The second-order valence-corrected chi connectivity index (χ2v) is 11.1. The monoisotopic (exact) mass is 547 g/mol. The van der Waals surface area contributed by atoms with E-state index in [1.165, 1.54) is 25.1 Å². The Labute approximate surface area is 227 Å². The van der Waals surface area contributed by atoms with Crippen molar-refractivity contribution in [2.45, 2.75) is 71.6 Å². The van der Waals surface area contributed by atoms with E-state index < -0.39 is 24.7 Å². The predicted octanol–water partition coefficient (Wildman–Crippen LogP) is 2.75. The standard InChI is InChI=1S/C26H36BF2N5O5/c1-16(35)33-13-10-22-20(15-33)24(31(5)18-6-7-21(27(37)38)19(14-18)23(28)29)30-34(22)17-8-11-32(12-9-17)25(36)39-26(2,3)4/h6-7,14,17,23,37-38H,8-13,15H2,1-5H3. The van der Waals surface area contributed by atoms with Gasteiger partial charge in [-0.2, -0.15) is 5.10 Å². The van der Waals surface area contributed by atoms with Gasteiger partial charge in [0, 0.05) is 62.5 Å². The van der Waals surface area contributed by atoms with Gasteiger partial charge < -0.3 is 29.5 Å². The van der Waals surface area contributed by atoms with Crippen molar-refractivity contribution < 1.29 is 33.2 Å². The lowest BCUT2D eigenvalue weighted by molar-refractivity contribution is -0.129. The molecule has 0 saturated carbocycles. The number of rotatable bonds is 5. The molecule has 39 heavy (non-hydrogen) atoms. The SMILES string of the molecule is CC(=O)N1CCc2c(c(N(C)c3ccc(B(O)O)c(C(F)F)c3)nn2C2CCN(C(=O)OC(C)(C)C)CC2)C1. The largest absolute Gasteiger partial charge is 0.488 e. The molecule has 2 aromatic rings. The molecule has 1 aromatic heterocycles. The molecule has 0 bridgehead atoms. The van der Waals surface area contributed by atoms with Crippen molar-refractivity contribution in [3.63, 3.8) is 0 Å². The molecule has 3 heterocycles. The average molecular weight is 547 g/mol. The Morgan fingerprint density at radius 2 is 1.82 bits per heavy atom. The summed E-state index contributed by atoms with van der Waals surface area (Å²) in [5.41, 5.74) is 0.938. The Morgan fingerprint density at radius 3 is 2.38 bits per heavy atom. The molecule has 1 saturated heterocycles. The number of halogens is 2. The minimum absolute atomic E-state index is 0.0204. The van der Waals surface area contributed by atoms with Gasteiger partial charge in [-0.1, -0.05) is 6.07 Å². The molecule has 0 aliphatic carbocycles. The van der Waals surface area contributed by atoms with Crippen LogP contribution in [0.15, 0.2) is 18.2 Å². The smallest absolute Gasteiger partial charge is 0.444 e. The summed E-state index contributed by atoms with van der Waals surface area (Å²) in [5, 5.41) is 24.0. The van der Waals surface area contributed by atoms with E-state index in [9.17, 15) is 28.4 Å². The Balaban J connectivity index is 1.65. The van der Waals surface area contributed by atoms with E-state index in [2.05, 4.69) is 0 Å². The summed E-state index contributed by atoms with van der Waals surface area (Å²) in [6, 6.07) is 4.06. The van der Waals surface area contributed by atoms with Crippen LogP contribution in [0.2, 0.25) is 0 Å². The summed E-state index contributed by atoms with van der Waals surface area (Å²) in [6.07, 6.45) is -1.30. The number of hydrogen-bond acceptors (Lipinski definition) is 7. The minimum Gasteiger partial charge on any atom is -0.444 e. The summed E-state index contributed by atoms with van der Waals surface area (Å²) in [4.78, 5) is 29.8. The molecule has 4 rings (SSSR count). The second kappa shape index (κ2) is 11.1. The Bertz CT molecular complexity index is 1220. The topological polar surface area (TPSA) is 111 Å². The molecule has 13 heteroatoms. The van der Waals surface area contributed by atoms with Crippen LogP contribution in [0.3, 0.4) is 0 Å². The number of amides is 2. The maximum atomic E-state index is 13.7. The first kappa shape index (κ1) is 28.8. The van der Waals surface area contributed by atoms with Crippen molar-refractivity contribution in [3.8, 4) is 0 Å². The number of alkyl halides is 2. The van der Waals surface area contributed by atoms with E-state index in [4.69, 9.17) is 9.84 Å². The first-order valence-electron chi connectivity index (χ1n) is 13.1. The highest BCUT2D eigenvalue weighted by Crippen LogP contribution is 2.36. The van der Waals surface area contributed by atoms with Crippen molar-refractivity contribution >= 4 is 36.1 Å². The fourth-order valence-corrected chi connectivity index (χ4v) is 5.21. The molecule has 10 nitrogen and oxygen atoms in total. The van der Waals surface area contributed by atoms with Crippen molar-refractivity contribution in [2.24, 2.45) is 0 Å². The van der Waals surface area contributed by atoms with Gasteiger partial charge in [-0.3, -0.25) is 9.48 Å². The van der Waals surface area contributed by atoms with Crippen molar-refractivity contribution in [3.05, 3.63) is 35.0 Å². The summed E-state index contributed by atoms with van der Waals surface area (Å²) in [6.45, 7) is 8.94. The summed E-state index contributed by atoms with van der Waals surface area (Å²) in [5.74, 6) is 0.483. The molecule has 212 valence electrons. The number of carbonyl (C=O) groups is 2. The van der Waals surface area contributed by atoms with Crippen LogP contribution >= 0.6 is 0 Å². The molecule has 0 spiro atoms. The maximum Gasteiger partial charge on any atom is 0.488 e. The summed E-state index contributed by atoms with van der Waals surface area (Å²) in [7, 11) is -0.305. The number of ether oxygens (including phenoxy) is 1.